The molecule has 2 rings (SSSR count). The summed E-state index contributed by atoms with van der Waals surface area (Å²) >= 11 is 0. The number of aromatic nitrogens is 1. The lowest BCUT2D eigenvalue weighted by Crippen LogP contribution is -2.26. The molecule has 2 atom stereocenters. The van der Waals surface area contributed by atoms with Gasteiger partial charge < -0.3 is 14.5 Å². The minimum absolute atomic E-state index is 0.164. The number of Topliss-reactive ketones (excluding diaryl/α,β-unsaturated/α-hetero) is 1. The maximum Gasteiger partial charge on any atom is 0.340 e. The smallest absolute Gasteiger partial charge is 0.340 e. The van der Waals surface area contributed by atoms with Crippen LogP contribution in [0.2, 0.25) is 0 Å². The molecule has 2 unspecified atom stereocenters. The van der Waals surface area contributed by atoms with Gasteiger partial charge in [0.2, 0.25) is 5.78 Å². The Bertz CT molecular complexity index is 946. The third kappa shape index (κ3) is 4.22. The van der Waals surface area contributed by atoms with E-state index in [1.165, 1.54) is 20.1 Å². The molecule has 1 N–H and O–H groups in total. The van der Waals surface area contributed by atoms with E-state index in [-0.39, 0.29) is 16.8 Å². The zero-order chi connectivity index (χ0) is 21.0. The molecule has 1 aromatic heterocycles. The molecule has 0 bridgehead atoms. The first kappa shape index (κ1) is 21.6. The van der Waals surface area contributed by atoms with Crippen molar-refractivity contribution in [3.05, 3.63) is 52.3 Å². The second kappa shape index (κ2) is 8.97. The normalized spacial score (nSPS) is 12.9. The second-order valence-electron chi connectivity index (χ2n) is 6.16. The third-order valence-corrected chi connectivity index (χ3v) is 5.71. The number of rotatable bonds is 7. The highest BCUT2D eigenvalue weighted by Gasteiger charge is 2.28. The molecule has 0 saturated heterocycles. The Morgan fingerprint density at radius 3 is 2.39 bits per heavy atom. The van der Waals surface area contributed by atoms with E-state index in [4.69, 9.17) is 9.47 Å². The van der Waals surface area contributed by atoms with E-state index in [0.717, 1.165) is 0 Å². The van der Waals surface area contributed by atoms with E-state index in [1.807, 2.05) is 0 Å². The molecule has 7 nitrogen and oxygen atoms in total. The number of esters is 2. The fourth-order valence-electron chi connectivity index (χ4n) is 2.87. The molecule has 0 spiro atoms. The van der Waals surface area contributed by atoms with Gasteiger partial charge in [-0.25, -0.2) is 9.59 Å². The van der Waals surface area contributed by atoms with E-state index in [0.29, 0.717) is 21.9 Å². The molecule has 0 aliphatic heterocycles. The number of ketones is 1. The summed E-state index contributed by atoms with van der Waals surface area (Å²) in [6.07, 6.45) is -1.10. The van der Waals surface area contributed by atoms with Gasteiger partial charge >= 0.3 is 11.9 Å². The number of carbonyl (C=O) groups excluding carboxylic acids is 3. The SMILES string of the molecule is CCS(=O)c1ccccc1C(=O)OC(C)C(=O)c1[nH]c(C)c(C(=O)OC)c1C. The van der Waals surface area contributed by atoms with Crippen molar-refractivity contribution in [1.82, 2.24) is 4.98 Å². The number of ether oxygens (including phenoxy) is 2. The molecule has 0 saturated carbocycles. The minimum atomic E-state index is -1.34. The van der Waals surface area contributed by atoms with Gasteiger partial charge in [0.1, 0.15) is 0 Å². The van der Waals surface area contributed by atoms with Crippen molar-refractivity contribution in [1.29, 1.82) is 0 Å². The molecule has 0 amide bonds. The Kier molecular flexibility index (Phi) is 6.90. The fraction of sp³-hybridized carbons (Fsp3) is 0.350. The quantitative estimate of drug-likeness (QED) is 0.561. The van der Waals surface area contributed by atoms with Gasteiger partial charge in [0.25, 0.3) is 0 Å². The maximum atomic E-state index is 12.8. The highest BCUT2D eigenvalue weighted by atomic mass is 32.2. The van der Waals surface area contributed by atoms with E-state index in [2.05, 4.69) is 4.98 Å². The van der Waals surface area contributed by atoms with Gasteiger partial charge in [-0.05, 0) is 38.5 Å². The molecular weight excluding hydrogens is 382 g/mol. The molecule has 0 radical (unpaired) electrons. The molecule has 1 heterocycles. The van der Waals surface area contributed by atoms with Crippen LogP contribution >= 0.6 is 0 Å². The topological polar surface area (TPSA) is 103 Å². The van der Waals surface area contributed by atoms with Crippen molar-refractivity contribution in [2.75, 3.05) is 12.9 Å². The van der Waals surface area contributed by atoms with Crippen LogP contribution in [0.15, 0.2) is 29.2 Å². The Morgan fingerprint density at radius 1 is 1.14 bits per heavy atom. The standard InChI is InChI=1S/C20H23NO6S/c1-6-28(25)15-10-8-7-9-14(15)19(23)27-13(4)18(22)17-11(2)16(12(3)21-17)20(24)26-5/h7-10,13,21H,6H2,1-5H3. The van der Waals surface area contributed by atoms with E-state index in [9.17, 15) is 18.6 Å². The largest absolute Gasteiger partial charge is 0.465 e. The highest BCUT2D eigenvalue weighted by Crippen LogP contribution is 2.22. The summed E-state index contributed by atoms with van der Waals surface area (Å²) in [5.41, 5.74) is 1.56. The Balaban J connectivity index is 2.26. The van der Waals surface area contributed by atoms with Crippen molar-refractivity contribution in [2.45, 2.75) is 38.7 Å². The van der Waals surface area contributed by atoms with Crippen molar-refractivity contribution >= 4 is 28.5 Å². The average Bonchev–Trinajstić information content (AvgIpc) is 2.99. The van der Waals surface area contributed by atoms with Crippen LogP contribution in [0.1, 0.15) is 56.3 Å². The van der Waals surface area contributed by atoms with Crippen LogP contribution in [0.4, 0.5) is 0 Å². The van der Waals surface area contributed by atoms with Gasteiger partial charge in [-0.15, -0.1) is 0 Å². The lowest BCUT2D eigenvalue weighted by Gasteiger charge is -2.14. The van der Waals surface area contributed by atoms with Crippen LogP contribution in [0.5, 0.6) is 0 Å². The minimum Gasteiger partial charge on any atom is -0.465 e. The van der Waals surface area contributed by atoms with Crippen LogP contribution in [0, 0.1) is 13.8 Å². The van der Waals surface area contributed by atoms with E-state index < -0.39 is 34.6 Å². The van der Waals surface area contributed by atoms with Crippen LogP contribution in [-0.2, 0) is 20.3 Å². The number of nitrogens with one attached hydrogen (secondary N) is 1. The van der Waals surface area contributed by atoms with Crippen molar-refractivity contribution in [2.24, 2.45) is 0 Å². The van der Waals surface area contributed by atoms with Crippen LogP contribution in [0.25, 0.3) is 0 Å². The lowest BCUT2D eigenvalue weighted by atomic mass is 10.1. The summed E-state index contributed by atoms with van der Waals surface area (Å²) in [6, 6.07) is 6.44. The predicted molar refractivity (Wildman–Crippen MR) is 104 cm³/mol. The number of hydrogen-bond donors (Lipinski definition) is 1. The zero-order valence-corrected chi connectivity index (χ0v) is 17.3. The van der Waals surface area contributed by atoms with E-state index >= 15 is 0 Å². The summed E-state index contributed by atoms with van der Waals surface area (Å²) in [7, 11) is -0.0755. The maximum absolute atomic E-state index is 12.8. The fourth-order valence-corrected chi connectivity index (χ4v) is 3.81. The number of carbonyl (C=O) groups is 3. The van der Waals surface area contributed by atoms with Gasteiger partial charge in [-0.3, -0.25) is 9.00 Å². The number of H-pyrrole nitrogens is 1. The summed E-state index contributed by atoms with van der Waals surface area (Å²) in [6.45, 7) is 6.48. The monoisotopic (exact) mass is 405 g/mol. The second-order valence-corrected chi connectivity index (χ2v) is 7.87. The Hall–Kier alpha value is -2.74. The molecule has 0 fully saturated rings. The summed E-state index contributed by atoms with van der Waals surface area (Å²) in [5, 5.41) is 0. The first-order valence-corrected chi connectivity index (χ1v) is 10.0. The summed E-state index contributed by atoms with van der Waals surface area (Å²) in [4.78, 5) is 40.4. The van der Waals surface area contributed by atoms with E-state index in [1.54, 1.807) is 39.0 Å². The van der Waals surface area contributed by atoms with Crippen molar-refractivity contribution in [3.63, 3.8) is 0 Å². The van der Waals surface area contributed by atoms with Crippen LogP contribution in [0.3, 0.4) is 0 Å². The predicted octanol–water partition coefficient (Wildman–Crippen LogP) is 2.97. The molecule has 8 heteroatoms. The molecule has 150 valence electrons. The number of hydrogen-bond acceptors (Lipinski definition) is 6. The van der Waals surface area contributed by atoms with Crippen molar-refractivity contribution < 1.29 is 28.1 Å². The number of aromatic amines is 1. The first-order chi connectivity index (χ1) is 13.2. The van der Waals surface area contributed by atoms with Gasteiger partial charge in [-0.2, -0.15) is 0 Å². The van der Waals surface area contributed by atoms with Gasteiger partial charge in [-0.1, -0.05) is 19.1 Å². The van der Waals surface area contributed by atoms with Crippen LogP contribution in [-0.4, -0.2) is 45.9 Å². The molecule has 0 aliphatic carbocycles. The third-order valence-electron chi connectivity index (χ3n) is 4.34. The summed E-state index contributed by atoms with van der Waals surface area (Å²) < 4.78 is 22.2. The molecular formula is C20H23NO6S. The molecule has 1 aromatic carbocycles. The van der Waals surface area contributed by atoms with Gasteiger partial charge in [0.15, 0.2) is 6.10 Å². The van der Waals surface area contributed by atoms with Gasteiger partial charge in [0, 0.05) is 11.4 Å². The highest BCUT2D eigenvalue weighted by molar-refractivity contribution is 7.85. The first-order valence-electron chi connectivity index (χ1n) is 8.72. The molecule has 0 aliphatic rings. The molecule has 28 heavy (non-hydrogen) atoms. The molecule has 2 aromatic rings. The number of methoxy groups -OCH3 is 1. The lowest BCUT2D eigenvalue weighted by molar-refractivity contribution is 0.0313. The number of benzene rings is 1. The Labute approximate surface area is 165 Å². The average molecular weight is 405 g/mol. The van der Waals surface area contributed by atoms with Crippen LogP contribution < -0.4 is 0 Å². The number of aryl methyl sites for hydroxylation is 1. The van der Waals surface area contributed by atoms with Gasteiger partial charge in [0.05, 0.1) is 39.6 Å². The van der Waals surface area contributed by atoms with Crippen molar-refractivity contribution in [3.8, 4) is 0 Å². The Morgan fingerprint density at radius 2 is 1.79 bits per heavy atom. The summed E-state index contributed by atoms with van der Waals surface area (Å²) in [5.74, 6) is -1.40. The zero-order valence-electron chi connectivity index (χ0n) is 16.5.